The Morgan fingerprint density at radius 1 is 1.48 bits per heavy atom. The summed E-state index contributed by atoms with van der Waals surface area (Å²) in [5.41, 5.74) is 0.756. The van der Waals surface area contributed by atoms with Gasteiger partial charge in [-0.1, -0.05) is 24.4 Å². The van der Waals surface area contributed by atoms with E-state index in [1.165, 1.54) is 18.9 Å². The minimum absolute atomic E-state index is 0.0546. The molecule has 1 amide bonds. The van der Waals surface area contributed by atoms with Gasteiger partial charge in [0, 0.05) is 11.6 Å². The highest BCUT2D eigenvalue weighted by molar-refractivity contribution is 7.89. The molecule has 0 bridgehead atoms. The molecule has 1 aromatic rings. The van der Waals surface area contributed by atoms with E-state index in [9.17, 15) is 13.2 Å². The number of sulfonamides is 1. The normalized spacial score (nSPS) is 16.6. The number of carbonyl (C=O) groups is 1. The van der Waals surface area contributed by atoms with Gasteiger partial charge in [-0.05, 0) is 43.9 Å². The van der Waals surface area contributed by atoms with Crippen LogP contribution in [-0.2, 0) is 10.0 Å². The first-order valence-corrected chi connectivity index (χ1v) is 8.74. The Balaban J connectivity index is 2.22. The van der Waals surface area contributed by atoms with Crippen LogP contribution in [0, 0.1) is 12.8 Å². The summed E-state index contributed by atoms with van der Waals surface area (Å²) in [5.74, 6) is 0.389. The van der Waals surface area contributed by atoms with Crippen LogP contribution in [0.25, 0.3) is 0 Å². The van der Waals surface area contributed by atoms with Crippen molar-refractivity contribution >= 4 is 27.5 Å². The molecule has 3 N–H and O–H groups in total. The van der Waals surface area contributed by atoms with Crippen LogP contribution < -0.4 is 10.5 Å². The molecule has 5 nitrogen and oxygen atoms in total. The second-order valence-corrected chi connectivity index (χ2v) is 7.61. The van der Waals surface area contributed by atoms with Crippen LogP contribution in [-0.4, -0.2) is 20.4 Å². The Morgan fingerprint density at radius 2 is 2.10 bits per heavy atom. The van der Waals surface area contributed by atoms with Gasteiger partial charge in [-0.25, -0.2) is 13.6 Å². The maximum absolute atomic E-state index is 12.2. The van der Waals surface area contributed by atoms with Crippen molar-refractivity contribution in [2.24, 2.45) is 11.1 Å². The number of hydrogen-bond acceptors (Lipinski definition) is 3. The van der Waals surface area contributed by atoms with E-state index in [1.54, 1.807) is 13.0 Å². The molecule has 0 heterocycles. The average molecular weight is 331 g/mol. The van der Waals surface area contributed by atoms with Gasteiger partial charge in [0.1, 0.15) is 4.90 Å². The summed E-state index contributed by atoms with van der Waals surface area (Å²) in [6.45, 7) is 3.58. The lowest BCUT2D eigenvalue weighted by molar-refractivity contribution is 0.0937. The van der Waals surface area contributed by atoms with Gasteiger partial charge in [-0.2, -0.15) is 0 Å². The van der Waals surface area contributed by atoms with Crippen molar-refractivity contribution in [1.82, 2.24) is 5.32 Å². The van der Waals surface area contributed by atoms with Crippen molar-refractivity contribution in [3.63, 3.8) is 0 Å². The van der Waals surface area contributed by atoms with Crippen LogP contribution in [0.2, 0.25) is 5.02 Å². The van der Waals surface area contributed by atoms with E-state index >= 15 is 0 Å². The molecule has 2 rings (SSSR count). The van der Waals surface area contributed by atoms with Crippen LogP contribution >= 0.6 is 11.6 Å². The maximum Gasteiger partial charge on any atom is 0.251 e. The lowest BCUT2D eigenvalue weighted by Gasteiger charge is -2.15. The molecule has 0 aromatic heterocycles. The van der Waals surface area contributed by atoms with Crippen LogP contribution in [0.3, 0.4) is 0 Å². The van der Waals surface area contributed by atoms with E-state index in [1.807, 2.05) is 6.92 Å². The van der Waals surface area contributed by atoms with E-state index in [2.05, 4.69) is 5.32 Å². The minimum Gasteiger partial charge on any atom is -0.350 e. The molecule has 1 unspecified atom stereocenters. The second-order valence-electron chi connectivity index (χ2n) is 5.70. The van der Waals surface area contributed by atoms with E-state index in [0.29, 0.717) is 11.5 Å². The third-order valence-corrected chi connectivity index (χ3v) is 5.10. The minimum atomic E-state index is -3.96. The van der Waals surface area contributed by atoms with Crippen molar-refractivity contribution < 1.29 is 13.2 Å². The number of nitrogens with two attached hydrogens (primary N) is 1. The standard InChI is InChI=1S/C14H19ClN2O3S/c1-8-5-11(7-12(13(8)15)21(16,19)20)14(18)17-9(2)6-10-3-4-10/h5,7,9-10H,3-4,6H2,1-2H3,(H,17,18)(H2,16,19,20). The molecule has 1 atom stereocenters. The smallest absolute Gasteiger partial charge is 0.251 e. The van der Waals surface area contributed by atoms with E-state index in [4.69, 9.17) is 16.7 Å². The predicted molar refractivity (Wildman–Crippen MR) is 81.8 cm³/mol. The van der Waals surface area contributed by atoms with Crippen molar-refractivity contribution in [2.75, 3.05) is 0 Å². The second kappa shape index (κ2) is 5.94. The van der Waals surface area contributed by atoms with Gasteiger partial charge in [-0.15, -0.1) is 0 Å². The third-order valence-electron chi connectivity index (χ3n) is 3.55. The number of halogens is 1. The van der Waals surface area contributed by atoms with Gasteiger partial charge < -0.3 is 5.32 Å². The SMILES string of the molecule is Cc1cc(C(=O)NC(C)CC2CC2)cc(S(N)(=O)=O)c1Cl. The molecule has 21 heavy (non-hydrogen) atoms. The number of amides is 1. The molecule has 0 saturated heterocycles. The molecule has 7 heteroatoms. The first-order valence-electron chi connectivity index (χ1n) is 6.82. The molecule has 0 radical (unpaired) electrons. The molecular weight excluding hydrogens is 312 g/mol. The quantitative estimate of drug-likeness (QED) is 0.867. The molecular formula is C14H19ClN2O3S. The average Bonchev–Trinajstić information content (AvgIpc) is 3.14. The van der Waals surface area contributed by atoms with Gasteiger partial charge in [-0.3, -0.25) is 4.79 Å². The molecule has 0 spiro atoms. The number of nitrogens with one attached hydrogen (secondary N) is 1. The molecule has 1 aromatic carbocycles. The molecule has 1 fully saturated rings. The number of aryl methyl sites for hydroxylation is 1. The number of benzene rings is 1. The molecule has 1 saturated carbocycles. The van der Waals surface area contributed by atoms with Gasteiger partial charge in [0.25, 0.3) is 5.91 Å². The lowest BCUT2D eigenvalue weighted by atomic mass is 10.1. The molecule has 116 valence electrons. The van der Waals surface area contributed by atoms with Gasteiger partial charge in [0.15, 0.2) is 0 Å². The first-order chi connectivity index (χ1) is 9.68. The number of primary sulfonamides is 1. The Labute approximate surface area is 129 Å². The fourth-order valence-electron chi connectivity index (χ4n) is 2.29. The zero-order valence-electron chi connectivity index (χ0n) is 12.0. The van der Waals surface area contributed by atoms with Gasteiger partial charge in [0.2, 0.25) is 10.0 Å². The highest BCUT2D eigenvalue weighted by Crippen LogP contribution is 2.33. The Bertz CT molecular complexity index is 669. The maximum atomic E-state index is 12.2. The van der Waals surface area contributed by atoms with Crippen molar-refractivity contribution in [2.45, 2.75) is 44.0 Å². The zero-order chi connectivity index (χ0) is 15.8. The summed E-state index contributed by atoms with van der Waals surface area (Å²) in [5, 5.41) is 8.06. The van der Waals surface area contributed by atoms with Gasteiger partial charge >= 0.3 is 0 Å². The summed E-state index contributed by atoms with van der Waals surface area (Å²) in [4.78, 5) is 12.0. The predicted octanol–water partition coefficient (Wildman–Crippen LogP) is 2.21. The number of rotatable bonds is 5. The van der Waals surface area contributed by atoms with Crippen molar-refractivity contribution in [1.29, 1.82) is 0 Å². The van der Waals surface area contributed by atoms with Crippen LogP contribution in [0.1, 0.15) is 42.1 Å². The third kappa shape index (κ3) is 4.18. The van der Waals surface area contributed by atoms with Crippen molar-refractivity contribution in [3.05, 3.63) is 28.3 Å². The molecule has 1 aliphatic rings. The van der Waals surface area contributed by atoms with E-state index < -0.39 is 10.0 Å². The van der Waals surface area contributed by atoms with E-state index in [0.717, 1.165) is 6.42 Å². The highest BCUT2D eigenvalue weighted by atomic mass is 35.5. The largest absolute Gasteiger partial charge is 0.350 e. The van der Waals surface area contributed by atoms with Crippen LogP contribution in [0.4, 0.5) is 0 Å². The Kier molecular flexibility index (Phi) is 4.60. The fourth-order valence-corrected chi connectivity index (χ4v) is 3.43. The number of carbonyl (C=O) groups excluding carboxylic acids is 1. The molecule has 0 aliphatic heterocycles. The zero-order valence-corrected chi connectivity index (χ0v) is 13.6. The van der Waals surface area contributed by atoms with Crippen molar-refractivity contribution in [3.8, 4) is 0 Å². The monoisotopic (exact) mass is 330 g/mol. The summed E-state index contributed by atoms with van der Waals surface area (Å²) >= 11 is 5.95. The Morgan fingerprint density at radius 3 is 2.62 bits per heavy atom. The van der Waals surface area contributed by atoms with Gasteiger partial charge in [0.05, 0.1) is 5.02 Å². The highest BCUT2D eigenvalue weighted by Gasteiger charge is 2.25. The lowest BCUT2D eigenvalue weighted by Crippen LogP contribution is -2.33. The summed E-state index contributed by atoms with van der Waals surface area (Å²) < 4.78 is 23.0. The first kappa shape index (κ1) is 16.3. The van der Waals surface area contributed by atoms with E-state index in [-0.39, 0.29) is 27.4 Å². The fraction of sp³-hybridized carbons (Fsp3) is 0.500. The Hall–Kier alpha value is -1.11. The summed E-state index contributed by atoms with van der Waals surface area (Å²) in [7, 11) is -3.96. The summed E-state index contributed by atoms with van der Waals surface area (Å²) in [6, 6.07) is 2.85. The molecule has 1 aliphatic carbocycles. The topological polar surface area (TPSA) is 89.3 Å². The summed E-state index contributed by atoms with van der Waals surface area (Å²) in [6.07, 6.45) is 3.38. The number of hydrogen-bond donors (Lipinski definition) is 2. The van der Waals surface area contributed by atoms with Crippen LogP contribution in [0.15, 0.2) is 17.0 Å². The van der Waals surface area contributed by atoms with Crippen LogP contribution in [0.5, 0.6) is 0 Å².